The summed E-state index contributed by atoms with van der Waals surface area (Å²) in [6.45, 7) is 4.25. The van der Waals surface area contributed by atoms with Crippen LogP contribution in [0.1, 0.15) is 18.1 Å². The molecule has 1 aromatic heterocycles. The molecule has 0 spiro atoms. The molecule has 2 rings (SSSR count). The lowest BCUT2D eigenvalue weighted by Crippen LogP contribution is -1.84. The predicted octanol–water partition coefficient (Wildman–Crippen LogP) is 4.43. The highest BCUT2D eigenvalue weighted by Gasteiger charge is 2.07. The molecule has 0 bridgehead atoms. The van der Waals surface area contributed by atoms with Crippen molar-refractivity contribution < 1.29 is 0 Å². The maximum Gasteiger partial charge on any atom is 0.0522 e. The first kappa shape index (κ1) is 9.04. The zero-order valence-electron chi connectivity index (χ0n) is 7.73. The number of hydrogen-bond donors (Lipinski definition) is 0. The molecule has 0 radical (unpaired) electrons. The molecule has 0 N–H and O–H groups in total. The van der Waals surface area contributed by atoms with E-state index in [-0.39, 0.29) is 0 Å². The van der Waals surface area contributed by atoms with Crippen molar-refractivity contribution in [3.8, 4) is 0 Å². The Balaban J connectivity index is 2.87. The number of rotatable bonds is 1. The fourth-order valence-corrected chi connectivity index (χ4v) is 2.86. The molecule has 1 aromatic carbocycles. The first-order valence-electron chi connectivity index (χ1n) is 4.39. The van der Waals surface area contributed by atoms with Crippen molar-refractivity contribution in [3.05, 3.63) is 33.7 Å². The SMILES string of the molecule is CCc1cc(C)c(Cl)c2ccsc12. The summed E-state index contributed by atoms with van der Waals surface area (Å²) in [6, 6.07) is 4.30. The third-order valence-electron chi connectivity index (χ3n) is 2.31. The Morgan fingerprint density at radius 3 is 2.92 bits per heavy atom. The monoisotopic (exact) mass is 210 g/mol. The molecule has 0 aliphatic carbocycles. The molecule has 13 heavy (non-hydrogen) atoms. The molecule has 0 nitrogen and oxygen atoms in total. The molecular weight excluding hydrogens is 200 g/mol. The highest BCUT2D eigenvalue weighted by Crippen LogP contribution is 2.33. The second-order valence-electron chi connectivity index (χ2n) is 3.18. The van der Waals surface area contributed by atoms with Gasteiger partial charge in [0.15, 0.2) is 0 Å². The van der Waals surface area contributed by atoms with Crippen molar-refractivity contribution >= 4 is 33.0 Å². The maximum atomic E-state index is 6.20. The molecule has 2 aromatic rings. The highest BCUT2D eigenvalue weighted by atomic mass is 35.5. The standard InChI is InChI=1S/C11H11ClS/c1-3-8-6-7(2)10(12)9-4-5-13-11(8)9/h4-6H,3H2,1-2H3. The number of aryl methyl sites for hydroxylation is 2. The van der Waals surface area contributed by atoms with E-state index >= 15 is 0 Å². The van der Waals surface area contributed by atoms with Gasteiger partial charge in [0.1, 0.15) is 0 Å². The van der Waals surface area contributed by atoms with Gasteiger partial charge in [0.05, 0.1) is 5.02 Å². The summed E-state index contributed by atoms with van der Waals surface area (Å²) in [7, 11) is 0. The van der Waals surface area contributed by atoms with Crippen LogP contribution in [0.5, 0.6) is 0 Å². The van der Waals surface area contributed by atoms with Crippen LogP contribution in [0, 0.1) is 6.92 Å². The molecule has 0 saturated carbocycles. The lowest BCUT2D eigenvalue weighted by Gasteiger charge is -2.04. The van der Waals surface area contributed by atoms with E-state index in [2.05, 4.69) is 31.4 Å². The van der Waals surface area contributed by atoms with Crippen LogP contribution in [-0.2, 0) is 6.42 Å². The van der Waals surface area contributed by atoms with Gasteiger partial charge in [-0.3, -0.25) is 0 Å². The molecule has 0 aliphatic rings. The van der Waals surface area contributed by atoms with Gasteiger partial charge >= 0.3 is 0 Å². The fraction of sp³-hybridized carbons (Fsp3) is 0.273. The quantitative estimate of drug-likeness (QED) is 0.654. The Hall–Kier alpha value is -0.530. The number of benzene rings is 1. The Labute approximate surface area is 87.2 Å². The molecule has 0 unspecified atom stereocenters. The summed E-state index contributed by atoms with van der Waals surface area (Å²) in [5, 5.41) is 4.23. The number of halogens is 1. The van der Waals surface area contributed by atoms with Gasteiger partial charge in [-0.05, 0) is 35.9 Å². The van der Waals surface area contributed by atoms with E-state index in [1.807, 2.05) is 0 Å². The van der Waals surface area contributed by atoms with Gasteiger partial charge in [0, 0.05) is 10.1 Å². The first-order valence-corrected chi connectivity index (χ1v) is 5.65. The minimum absolute atomic E-state index is 0.911. The lowest BCUT2D eigenvalue weighted by atomic mass is 10.1. The van der Waals surface area contributed by atoms with Gasteiger partial charge in [-0.2, -0.15) is 0 Å². The van der Waals surface area contributed by atoms with E-state index in [4.69, 9.17) is 11.6 Å². The Morgan fingerprint density at radius 1 is 1.46 bits per heavy atom. The Kier molecular flexibility index (Phi) is 2.31. The highest BCUT2D eigenvalue weighted by molar-refractivity contribution is 7.17. The minimum atomic E-state index is 0.911. The molecule has 0 fully saturated rings. The molecule has 0 saturated heterocycles. The van der Waals surface area contributed by atoms with Crippen molar-refractivity contribution in [1.29, 1.82) is 0 Å². The van der Waals surface area contributed by atoms with Crippen LogP contribution in [0.4, 0.5) is 0 Å². The third-order valence-corrected chi connectivity index (χ3v) is 3.80. The number of thiophene rings is 1. The van der Waals surface area contributed by atoms with Crippen LogP contribution in [0.2, 0.25) is 5.02 Å². The molecule has 68 valence electrons. The van der Waals surface area contributed by atoms with E-state index in [0.717, 1.165) is 11.4 Å². The van der Waals surface area contributed by atoms with Gasteiger partial charge in [0.2, 0.25) is 0 Å². The Morgan fingerprint density at radius 2 is 2.23 bits per heavy atom. The molecule has 0 amide bonds. The van der Waals surface area contributed by atoms with Crippen LogP contribution < -0.4 is 0 Å². The normalized spacial score (nSPS) is 11.0. The van der Waals surface area contributed by atoms with E-state index in [1.54, 1.807) is 11.3 Å². The molecule has 0 aliphatic heterocycles. The number of hydrogen-bond acceptors (Lipinski definition) is 1. The summed E-state index contributed by atoms with van der Waals surface area (Å²) in [5.41, 5.74) is 2.59. The van der Waals surface area contributed by atoms with Crippen molar-refractivity contribution in [2.24, 2.45) is 0 Å². The lowest BCUT2D eigenvalue weighted by molar-refractivity contribution is 1.16. The molecule has 0 atom stereocenters. The van der Waals surface area contributed by atoms with Crippen LogP contribution in [0.25, 0.3) is 10.1 Å². The topological polar surface area (TPSA) is 0 Å². The smallest absolute Gasteiger partial charge is 0.0522 e. The van der Waals surface area contributed by atoms with E-state index in [0.29, 0.717) is 0 Å². The summed E-state index contributed by atoms with van der Waals surface area (Å²) >= 11 is 7.98. The summed E-state index contributed by atoms with van der Waals surface area (Å²) in [5.74, 6) is 0. The third kappa shape index (κ3) is 1.36. The van der Waals surface area contributed by atoms with Gasteiger partial charge < -0.3 is 0 Å². The van der Waals surface area contributed by atoms with Gasteiger partial charge in [-0.1, -0.05) is 24.6 Å². The largest absolute Gasteiger partial charge is 0.143 e. The van der Waals surface area contributed by atoms with E-state index in [9.17, 15) is 0 Å². The second-order valence-corrected chi connectivity index (χ2v) is 4.48. The van der Waals surface area contributed by atoms with Gasteiger partial charge in [0.25, 0.3) is 0 Å². The maximum absolute atomic E-state index is 6.20. The average Bonchev–Trinajstić information content (AvgIpc) is 2.60. The summed E-state index contributed by atoms with van der Waals surface area (Å²) in [4.78, 5) is 0. The summed E-state index contributed by atoms with van der Waals surface area (Å²) in [6.07, 6.45) is 1.08. The molecular formula is C11H11ClS. The van der Waals surface area contributed by atoms with Crippen molar-refractivity contribution in [2.45, 2.75) is 20.3 Å². The van der Waals surface area contributed by atoms with E-state index < -0.39 is 0 Å². The predicted molar refractivity (Wildman–Crippen MR) is 61.0 cm³/mol. The van der Waals surface area contributed by atoms with Crippen molar-refractivity contribution in [3.63, 3.8) is 0 Å². The van der Waals surface area contributed by atoms with Gasteiger partial charge in [-0.25, -0.2) is 0 Å². The first-order chi connectivity index (χ1) is 6.24. The zero-order chi connectivity index (χ0) is 9.42. The Bertz CT molecular complexity index is 443. The molecule has 1 heterocycles. The van der Waals surface area contributed by atoms with Gasteiger partial charge in [-0.15, -0.1) is 11.3 Å². The minimum Gasteiger partial charge on any atom is -0.143 e. The fourth-order valence-electron chi connectivity index (χ4n) is 1.60. The molecule has 2 heteroatoms. The zero-order valence-corrected chi connectivity index (χ0v) is 9.30. The van der Waals surface area contributed by atoms with E-state index in [1.165, 1.54) is 21.2 Å². The number of fused-ring (bicyclic) bond motifs is 1. The summed E-state index contributed by atoms with van der Waals surface area (Å²) < 4.78 is 1.35. The second kappa shape index (κ2) is 3.32. The van der Waals surface area contributed by atoms with Crippen LogP contribution in [-0.4, -0.2) is 0 Å². The average molecular weight is 211 g/mol. The van der Waals surface area contributed by atoms with Crippen LogP contribution in [0.15, 0.2) is 17.5 Å². The van der Waals surface area contributed by atoms with Crippen molar-refractivity contribution in [2.75, 3.05) is 0 Å². The van der Waals surface area contributed by atoms with Crippen LogP contribution >= 0.6 is 22.9 Å². The van der Waals surface area contributed by atoms with Crippen LogP contribution in [0.3, 0.4) is 0 Å². The van der Waals surface area contributed by atoms with Crippen molar-refractivity contribution in [1.82, 2.24) is 0 Å².